The molecule has 1 amide bonds. The van der Waals surface area contributed by atoms with Crippen molar-refractivity contribution in [2.24, 2.45) is 0 Å². The summed E-state index contributed by atoms with van der Waals surface area (Å²) in [7, 11) is 0. The normalized spacial score (nSPS) is 17.9. The SMILES string of the molecule is CCc1nc(C(=O)NC2(C(F)(F)F)CC2)n[nH]1. The van der Waals surface area contributed by atoms with Gasteiger partial charge in [-0.2, -0.15) is 13.2 Å². The molecule has 0 unspecified atom stereocenters. The number of aromatic amines is 1. The second-order valence-corrected chi connectivity index (χ2v) is 3.99. The fourth-order valence-electron chi connectivity index (χ4n) is 1.43. The van der Waals surface area contributed by atoms with Crippen LogP contribution in [0.4, 0.5) is 13.2 Å². The third-order valence-electron chi connectivity index (χ3n) is 2.72. The molecule has 1 heterocycles. The first-order chi connectivity index (χ1) is 7.88. The molecule has 1 fully saturated rings. The van der Waals surface area contributed by atoms with Crippen LogP contribution in [0, 0.1) is 0 Å². The zero-order chi connectivity index (χ0) is 12.7. The van der Waals surface area contributed by atoms with Crippen molar-refractivity contribution in [2.45, 2.75) is 37.9 Å². The van der Waals surface area contributed by atoms with Gasteiger partial charge in [0.05, 0.1) is 0 Å². The number of amides is 1. The Hall–Kier alpha value is -1.60. The van der Waals surface area contributed by atoms with Crippen LogP contribution in [0.2, 0.25) is 0 Å². The number of hydrogen-bond acceptors (Lipinski definition) is 3. The Morgan fingerprint density at radius 3 is 2.59 bits per heavy atom. The Balaban J connectivity index is 2.07. The van der Waals surface area contributed by atoms with Crippen LogP contribution in [0.15, 0.2) is 0 Å². The van der Waals surface area contributed by atoms with Crippen LogP contribution in [0.5, 0.6) is 0 Å². The van der Waals surface area contributed by atoms with Gasteiger partial charge >= 0.3 is 6.18 Å². The van der Waals surface area contributed by atoms with Crippen molar-refractivity contribution in [2.75, 3.05) is 0 Å². The number of aryl methyl sites for hydroxylation is 1. The zero-order valence-electron chi connectivity index (χ0n) is 9.06. The Bertz CT molecular complexity index is 436. The average Bonchev–Trinajstić information content (AvgIpc) is 2.88. The molecule has 8 heteroatoms. The Kier molecular flexibility index (Phi) is 2.59. The summed E-state index contributed by atoms with van der Waals surface area (Å²) in [5.41, 5.74) is -2.07. The first-order valence-electron chi connectivity index (χ1n) is 5.18. The minimum absolute atomic E-state index is 0.0900. The molecule has 1 aromatic rings. The number of aromatic nitrogens is 3. The number of carbonyl (C=O) groups is 1. The van der Waals surface area contributed by atoms with Gasteiger partial charge in [-0.3, -0.25) is 9.89 Å². The van der Waals surface area contributed by atoms with Gasteiger partial charge in [-0.15, -0.1) is 5.10 Å². The second-order valence-electron chi connectivity index (χ2n) is 3.99. The summed E-state index contributed by atoms with van der Waals surface area (Å²) in [6, 6.07) is 0. The molecule has 1 saturated carbocycles. The van der Waals surface area contributed by atoms with Gasteiger partial charge in [0, 0.05) is 6.42 Å². The first kappa shape index (κ1) is 11.9. The smallest absolute Gasteiger partial charge is 0.335 e. The first-order valence-corrected chi connectivity index (χ1v) is 5.18. The van der Waals surface area contributed by atoms with Gasteiger partial charge in [0.1, 0.15) is 11.4 Å². The van der Waals surface area contributed by atoms with Crippen LogP contribution in [0.25, 0.3) is 0 Å². The summed E-state index contributed by atoms with van der Waals surface area (Å²) in [4.78, 5) is 15.3. The number of halogens is 3. The maximum absolute atomic E-state index is 12.6. The van der Waals surface area contributed by atoms with E-state index in [-0.39, 0.29) is 18.7 Å². The molecule has 2 rings (SSSR count). The van der Waals surface area contributed by atoms with Gasteiger partial charge in [0.15, 0.2) is 0 Å². The zero-order valence-corrected chi connectivity index (χ0v) is 9.06. The van der Waals surface area contributed by atoms with Crippen molar-refractivity contribution in [1.82, 2.24) is 20.5 Å². The lowest BCUT2D eigenvalue weighted by Crippen LogP contribution is -2.48. The molecule has 0 saturated heterocycles. The number of hydrogen-bond donors (Lipinski definition) is 2. The summed E-state index contributed by atoms with van der Waals surface area (Å²) in [6.07, 6.45) is -4.07. The van der Waals surface area contributed by atoms with Crippen molar-refractivity contribution in [3.05, 3.63) is 11.6 Å². The maximum Gasteiger partial charge on any atom is 0.411 e. The lowest BCUT2D eigenvalue weighted by atomic mass is 10.2. The quantitative estimate of drug-likeness (QED) is 0.844. The predicted molar refractivity (Wildman–Crippen MR) is 51.2 cm³/mol. The van der Waals surface area contributed by atoms with Crippen molar-refractivity contribution in [3.8, 4) is 0 Å². The average molecular weight is 248 g/mol. The molecule has 2 N–H and O–H groups in total. The van der Waals surface area contributed by atoms with Gasteiger partial charge in [-0.05, 0) is 12.8 Å². The molecule has 0 spiro atoms. The fourth-order valence-corrected chi connectivity index (χ4v) is 1.43. The summed E-state index contributed by atoms with van der Waals surface area (Å²) in [6.45, 7) is 1.79. The standard InChI is InChI=1S/C9H11F3N4O/c1-2-5-13-6(16-15-5)7(17)14-8(3-4-8)9(10,11)12/h2-4H2,1H3,(H,14,17)(H,13,15,16). The monoisotopic (exact) mass is 248 g/mol. The van der Waals surface area contributed by atoms with Crippen LogP contribution in [-0.4, -0.2) is 32.8 Å². The molecular weight excluding hydrogens is 237 g/mol. The molecule has 1 aliphatic carbocycles. The van der Waals surface area contributed by atoms with E-state index in [1.807, 2.05) is 5.32 Å². The lowest BCUT2D eigenvalue weighted by molar-refractivity contribution is -0.163. The van der Waals surface area contributed by atoms with E-state index in [1.165, 1.54) is 0 Å². The topological polar surface area (TPSA) is 70.7 Å². The molecule has 17 heavy (non-hydrogen) atoms. The Morgan fingerprint density at radius 2 is 2.18 bits per heavy atom. The van der Waals surface area contributed by atoms with Crippen molar-refractivity contribution < 1.29 is 18.0 Å². The summed E-state index contributed by atoms with van der Waals surface area (Å²) in [5, 5.41) is 8.00. The van der Waals surface area contributed by atoms with Crippen molar-refractivity contribution >= 4 is 5.91 Å². The molecule has 1 aromatic heterocycles. The van der Waals surface area contributed by atoms with Crippen LogP contribution in [-0.2, 0) is 6.42 Å². The van der Waals surface area contributed by atoms with Gasteiger partial charge in [-0.25, -0.2) is 4.98 Å². The minimum atomic E-state index is -4.42. The molecule has 0 atom stereocenters. The third kappa shape index (κ3) is 2.11. The van der Waals surface area contributed by atoms with Crippen molar-refractivity contribution in [1.29, 1.82) is 0 Å². The molecular formula is C9H11F3N4O. The van der Waals surface area contributed by atoms with Crippen molar-refractivity contribution in [3.63, 3.8) is 0 Å². The van der Waals surface area contributed by atoms with Crippen LogP contribution >= 0.6 is 0 Å². The molecule has 0 aliphatic heterocycles. The molecule has 0 aromatic carbocycles. The molecule has 0 bridgehead atoms. The highest BCUT2D eigenvalue weighted by Crippen LogP contribution is 2.48. The molecule has 0 radical (unpaired) electrons. The van der Waals surface area contributed by atoms with E-state index in [2.05, 4.69) is 15.2 Å². The largest absolute Gasteiger partial charge is 0.411 e. The summed E-state index contributed by atoms with van der Waals surface area (Å²) < 4.78 is 37.7. The highest BCUT2D eigenvalue weighted by Gasteiger charge is 2.64. The predicted octanol–water partition coefficient (Wildman–Crippen LogP) is 1.19. The number of rotatable bonds is 3. The van der Waals surface area contributed by atoms with Gasteiger partial charge in [0.25, 0.3) is 5.91 Å². The lowest BCUT2D eigenvalue weighted by Gasteiger charge is -2.19. The Morgan fingerprint density at radius 1 is 1.53 bits per heavy atom. The fraction of sp³-hybridized carbons (Fsp3) is 0.667. The number of H-pyrrole nitrogens is 1. The van der Waals surface area contributed by atoms with E-state index in [0.29, 0.717) is 12.2 Å². The van der Waals surface area contributed by atoms with Gasteiger partial charge < -0.3 is 5.32 Å². The van der Waals surface area contributed by atoms with E-state index in [9.17, 15) is 18.0 Å². The highest BCUT2D eigenvalue weighted by molar-refractivity contribution is 5.91. The van der Waals surface area contributed by atoms with E-state index >= 15 is 0 Å². The minimum Gasteiger partial charge on any atom is -0.335 e. The number of alkyl halides is 3. The molecule has 1 aliphatic rings. The van der Waals surface area contributed by atoms with E-state index in [0.717, 1.165) is 0 Å². The van der Waals surface area contributed by atoms with Crippen LogP contribution in [0.1, 0.15) is 36.2 Å². The number of nitrogens with one attached hydrogen (secondary N) is 2. The van der Waals surface area contributed by atoms with E-state index in [4.69, 9.17) is 0 Å². The highest BCUT2D eigenvalue weighted by atomic mass is 19.4. The molecule has 94 valence electrons. The summed E-state index contributed by atoms with van der Waals surface area (Å²) in [5.74, 6) is -0.680. The van der Waals surface area contributed by atoms with E-state index in [1.54, 1.807) is 6.92 Å². The second kappa shape index (κ2) is 3.71. The van der Waals surface area contributed by atoms with Gasteiger partial charge in [-0.1, -0.05) is 6.92 Å². The van der Waals surface area contributed by atoms with Gasteiger partial charge in [0.2, 0.25) is 5.82 Å². The maximum atomic E-state index is 12.6. The van der Waals surface area contributed by atoms with Crippen LogP contribution in [0.3, 0.4) is 0 Å². The van der Waals surface area contributed by atoms with E-state index < -0.39 is 17.6 Å². The number of carbonyl (C=O) groups excluding carboxylic acids is 1. The molecule has 5 nitrogen and oxygen atoms in total. The Labute approximate surface area is 94.8 Å². The van der Waals surface area contributed by atoms with Crippen LogP contribution < -0.4 is 5.32 Å². The summed E-state index contributed by atoms with van der Waals surface area (Å²) >= 11 is 0. The third-order valence-corrected chi connectivity index (χ3v) is 2.72. The number of nitrogens with zero attached hydrogens (tertiary/aromatic N) is 2.